The number of aryl methyl sites for hydroxylation is 1. The summed E-state index contributed by atoms with van der Waals surface area (Å²) in [4.78, 5) is 25.7. The van der Waals surface area contributed by atoms with Crippen LogP contribution < -0.4 is 15.8 Å². The van der Waals surface area contributed by atoms with Crippen LogP contribution in [0, 0.1) is 5.92 Å². The van der Waals surface area contributed by atoms with E-state index in [0.717, 1.165) is 38.0 Å². The molecule has 6 heteroatoms. The number of piperidine rings is 1. The van der Waals surface area contributed by atoms with E-state index in [1.54, 1.807) is 19.3 Å². The van der Waals surface area contributed by atoms with E-state index in [9.17, 15) is 9.59 Å². The summed E-state index contributed by atoms with van der Waals surface area (Å²) in [6.07, 6.45) is 4.39. The van der Waals surface area contributed by atoms with Gasteiger partial charge in [0.1, 0.15) is 0 Å². The fraction of sp³-hybridized carbons (Fsp3) is 0.667. The van der Waals surface area contributed by atoms with Crippen molar-refractivity contribution in [1.82, 2.24) is 15.1 Å². The Morgan fingerprint density at radius 3 is 2.71 bits per heavy atom. The number of hydrogen-bond donors (Lipinski definition) is 1. The summed E-state index contributed by atoms with van der Waals surface area (Å²) < 4.78 is 1.32. The van der Waals surface area contributed by atoms with Crippen molar-refractivity contribution in [2.75, 3.05) is 18.0 Å². The van der Waals surface area contributed by atoms with Gasteiger partial charge in [0.2, 0.25) is 5.91 Å². The van der Waals surface area contributed by atoms with E-state index in [4.69, 9.17) is 0 Å². The summed E-state index contributed by atoms with van der Waals surface area (Å²) in [6.45, 7) is 5.65. The first kappa shape index (κ1) is 15.5. The van der Waals surface area contributed by atoms with Crippen LogP contribution in [0.4, 0.5) is 5.69 Å². The Morgan fingerprint density at radius 2 is 2.14 bits per heavy atom. The Hall–Kier alpha value is -1.85. The molecule has 0 aliphatic carbocycles. The lowest BCUT2D eigenvalue weighted by Crippen LogP contribution is -2.46. The molecule has 1 atom stereocenters. The predicted molar refractivity (Wildman–Crippen MR) is 82.3 cm³/mol. The lowest BCUT2D eigenvalue weighted by atomic mass is 10.0. The zero-order chi connectivity index (χ0) is 15.4. The van der Waals surface area contributed by atoms with Gasteiger partial charge in [-0.25, -0.2) is 4.68 Å². The molecule has 0 radical (unpaired) electrons. The molecule has 2 heterocycles. The standard InChI is InChI=1S/C15H24N4O2/c1-4-11(2)15(21)17-12-5-7-19(8-6-12)13-9-14(20)18(3)16-10-13/h9-12H,4-8H2,1-3H3,(H,17,21). The van der Waals surface area contributed by atoms with Crippen molar-refractivity contribution in [3.8, 4) is 0 Å². The molecule has 21 heavy (non-hydrogen) atoms. The minimum atomic E-state index is -0.0975. The minimum absolute atomic E-state index is 0.0735. The van der Waals surface area contributed by atoms with Crippen LogP contribution in [0.5, 0.6) is 0 Å². The number of aromatic nitrogens is 2. The van der Waals surface area contributed by atoms with Gasteiger partial charge in [-0.05, 0) is 19.3 Å². The molecule has 116 valence electrons. The maximum atomic E-state index is 11.9. The van der Waals surface area contributed by atoms with Gasteiger partial charge >= 0.3 is 0 Å². The van der Waals surface area contributed by atoms with Gasteiger partial charge in [0.05, 0.1) is 11.9 Å². The largest absolute Gasteiger partial charge is 0.370 e. The molecular weight excluding hydrogens is 268 g/mol. The Bertz CT molecular complexity index is 547. The van der Waals surface area contributed by atoms with Gasteiger partial charge in [-0.2, -0.15) is 5.10 Å². The van der Waals surface area contributed by atoms with Crippen LogP contribution >= 0.6 is 0 Å². The molecule has 2 rings (SSSR count). The van der Waals surface area contributed by atoms with E-state index >= 15 is 0 Å². The van der Waals surface area contributed by atoms with Gasteiger partial charge in [-0.1, -0.05) is 13.8 Å². The van der Waals surface area contributed by atoms with Crippen molar-refractivity contribution in [3.63, 3.8) is 0 Å². The first-order valence-electron chi connectivity index (χ1n) is 7.60. The van der Waals surface area contributed by atoms with Crippen molar-refractivity contribution in [1.29, 1.82) is 0 Å². The molecule has 1 aliphatic heterocycles. The van der Waals surface area contributed by atoms with Crippen molar-refractivity contribution in [3.05, 3.63) is 22.6 Å². The summed E-state index contributed by atoms with van der Waals surface area (Å²) in [7, 11) is 1.64. The quantitative estimate of drug-likeness (QED) is 0.896. The third-order valence-corrected chi connectivity index (χ3v) is 4.22. The van der Waals surface area contributed by atoms with Gasteiger partial charge in [0.15, 0.2) is 0 Å². The Labute approximate surface area is 125 Å². The molecule has 6 nitrogen and oxygen atoms in total. The molecule has 1 saturated heterocycles. The summed E-state index contributed by atoms with van der Waals surface area (Å²) in [5, 5.41) is 7.16. The molecule has 0 bridgehead atoms. The number of nitrogens with one attached hydrogen (secondary N) is 1. The number of amides is 1. The van der Waals surface area contributed by atoms with Gasteiger partial charge in [0, 0.05) is 38.2 Å². The molecule has 0 spiro atoms. The highest BCUT2D eigenvalue weighted by atomic mass is 16.2. The van der Waals surface area contributed by atoms with Crippen LogP contribution in [-0.4, -0.2) is 34.8 Å². The predicted octanol–water partition coefficient (Wildman–Crippen LogP) is 0.911. The average Bonchev–Trinajstić information content (AvgIpc) is 2.50. The Kier molecular flexibility index (Phi) is 4.98. The van der Waals surface area contributed by atoms with E-state index in [1.165, 1.54) is 4.68 Å². The number of carbonyl (C=O) groups is 1. The van der Waals surface area contributed by atoms with E-state index in [2.05, 4.69) is 15.3 Å². The fourth-order valence-corrected chi connectivity index (χ4v) is 2.44. The van der Waals surface area contributed by atoms with Crippen molar-refractivity contribution in [2.45, 2.75) is 39.2 Å². The van der Waals surface area contributed by atoms with Crippen molar-refractivity contribution < 1.29 is 4.79 Å². The van der Waals surface area contributed by atoms with Gasteiger partial charge < -0.3 is 10.2 Å². The number of hydrogen-bond acceptors (Lipinski definition) is 4. The molecular formula is C15H24N4O2. The lowest BCUT2D eigenvalue weighted by Gasteiger charge is -2.34. The van der Waals surface area contributed by atoms with Crippen LogP contribution in [-0.2, 0) is 11.8 Å². The molecule has 1 aromatic rings. The molecule has 1 fully saturated rings. The van der Waals surface area contributed by atoms with E-state index in [0.29, 0.717) is 0 Å². The van der Waals surface area contributed by atoms with Crippen molar-refractivity contribution in [2.24, 2.45) is 13.0 Å². The Balaban J connectivity index is 1.89. The average molecular weight is 292 g/mol. The highest BCUT2D eigenvalue weighted by Crippen LogP contribution is 2.18. The monoisotopic (exact) mass is 292 g/mol. The second-order valence-electron chi connectivity index (χ2n) is 5.75. The number of anilines is 1. The lowest BCUT2D eigenvalue weighted by molar-refractivity contribution is -0.125. The van der Waals surface area contributed by atoms with Crippen LogP contribution in [0.1, 0.15) is 33.1 Å². The van der Waals surface area contributed by atoms with Crippen LogP contribution in [0.3, 0.4) is 0 Å². The topological polar surface area (TPSA) is 67.2 Å². The van der Waals surface area contributed by atoms with Gasteiger partial charge in [-0.3, -0.25) is 9.59 Å². The highest BCUT2D eigenvalue weighted by molar-refractivity contribution is 5.78. The molecule has 1 N–H and O–H groups in total. The third-order valence-electron chi connectivity index (χ3n) is 4.22. The summed E-state index contributed by atoms with van der Waals surface area (Å²) >= 11 is 0. The second kappa shape index (κ2) is 6.74. The highest BCUT2D eigenvalue weighted by Gasteiger charge is 2.22. The molecule has 0 aromatic carbocycles. The summed E-state index contributed by atoms with van der Waals surface area (Å²) in [6, 6.07) is 1.85. The maximum absolute atomic E-state index is 11.9. The van der Waals surface area contributed by atoms with Crippen LogP contribution in [0.2, 0.25) is 0 Å². The first-order chi connectivity index (χ1) is 10.0. The maximum Gasteiger partial charge on any atom is 0.268 e. The fourth-order valence-electron chi connectivity index (χ4n) is 2.44. The second-order valence-corrected chi connectivity index (χ2v) is 5.75. The van der Waals surface area contributed by atoms with Gasteiger partial charge in [0.25, 0.3) is 5.56 Å². The summed E-state index contributed by atoms with van der Waals surface area (Å²) in [5.41, 5.74) is 0.768. The van der Waals surface area contributed by atoms with Crippen molar-refractivity contribution >= 4 is 11.6 Å². The summed E-state index contributed by atoms with van der Waals surface area (Å²) in [5.74, 6) is 0.218. The Morgan fingerprint density at radius 1 is 1.48 bits per heavy atom. The zero-order valence-electron chi connectivity index (χ0n) is 13.0. The SMILES string of the molecule is CCC(C)C(=O)NC1CCN(c2cnn(C)c(=O)c2)CC1. The zero-order valence-corrected chi connectivity index (χ0v) is 13.0. The van der Waals surface area contributed by atoms with E-state index in [-0.39, 0.29) is 23.4 Å². The number of carbonyl (C=O) groups excluding carboxylic acids is 1. The van der Waals surface area contributed by atoms with Crippen LogP contribution in [0.15, 0.2) is 17.1 Å². The molecule has 1 unspecified atom stereocenters. The van der Waals surface area contributed by atoms with Crippen LogP contribution in [0.25, 0.3) is 0 Å². The van der Waals surface area contributed by atoms with Gasteiger partial charge in [-0.15, -0.1) is 0 Å². The molecule has 0 saturated carbocycles. The molecule has 1 amide bonds. The number of nitrogens with zero attached hydrogens (tertiary/aromatic N) is 3. The third kappa shape index (κ3) is 3.83. The van der Waals surface area contributed by atoms with E-state index in [1.807, 2.05) is 13.8 Å². The molecule has 1 aromatic heterocycles. The van der Waals surface area contributed by atoms with E-state index < -0.39 is 0 Å². The first-order valence-corrected chi connectivity index (χ1v) is 7.60. The minimum Gasteiger partial charge on any atom is -0.370 e. The normalized spacial score (nSPS) is 17.6. The number of rotatable bonds is 4. The molecule has 1 aliphatic rings. The smallest absolute Gasteiger partial charge is 0.268 e.